The first-order valence-corrected chi connectivity index (χ1v) is 32.1. The van der Waals surface area contributed by atoms with E-state index in [-0.39, 0.29) is 37.5 Å². The van der Waals surface area contributed by atoms with Crippen LogP contribution < -0.4 is 0 Å². The van der Waals surface area contributed by atoms with Gasteiger partial charge in [-0.15, -0.1) is 0 Å². The van der Waals surface area contributed by atoms with Crippen molar-refractivity contribution in [3.8, 4) is 0 Å². The van der Waals surface area contributed by atoms with Gasteiger partial charge in [-0.1, -0.05) is 266 Å². The maximum atomic E-state index is 12.9. The second kappa shape index (κ2) is 63.1. The quantitative estimate of drug-likeness (QED) is 0.0261. The summed E-state index contributed by atoms with van der Waals surface area (Å²) in [4.78, 5) is 38.3. The van der Waals surface area contributed by atoms with Crippen LogP contribution in [-0.2, 0) is 28.6 Å². The second-order valence-electron chi connectivity index (χ2n) is 21.3. The van der Waals surface area contributed by atoms with E-state index in [1.807, 2.05) is 0 Å². The van der Waals surface area contributed by atoms with Crippen LogP contribution in [0.15, 0.2) is 85.1 Å². The minimum absolute atomic E-state index is 0.0944. The van der Waals surface area contributed by atoms with E-state index in [0.29, 0.717) is 19.3 Å². The minimum atomic E-state index is -0.802. The van der Waals surface area contributed by atoms with Crippen LogP contribution in [0.3, 0.4) is 0 Å². The van der Waals surface area contributed by atoms with Gasteiger partial charge < -0.3 is 14.2 Å². The predicted octanol–water partition coefficient (Wildman–Crippen LogP) is 21.9. The van der Waals surface area contributed by atoms with Crippen molar-refractivity contribution in [3.05, 3.63) is 85.1 Å². The van der Waals surface area contributed by atoms with Crippen molar-refractivity contribution in [2.45, 2.75) is 322 Å². The Morgan fingerprint density at radius 3 is 0.853 bits per heavy atom. The van der Waals surface area contributed by atoms with E-state index >= 15 is 0 Å². The van der Waals surface area contributed by atoms with E-state index in [0.717, 1.165) is 89.9 Å². The highest BCUT2D eigenvalue weighted by Gasteiger charge is 2.19. The number of ether oxygens (including phenoxy) is 3. The van der Waals surface area contributed by atoms with Crippen LogP contribution in [0.2, 0.25) is 0 Å². The van der Waals surface area contributed by atoms with Crippen molar-refractivity contribution in [2.24, 2.45) is 0 Å². The summed E-state index contributed by atoms with van der Waals surface area (Å²) in [5.41, 5.74) is 0. The van der Waals surface area contributed by atoms with Crippen molar-refractivity contribution < 1.29 is 28.6 Å². The van der Waals surface area contributed by atoms with Crippen molar-refractivity contribution >= 4 is 17.9 Å². The summed E-state index contributed by atoms with van der Waals surface area (Å²) >= 11 is 0. The van der Waals surface area contributed by atoms with Crippen molar-refractivity contribution in [1.82, 2.24) is 0 Å². The number of carbonyl (C=O) groups is 3. The molecule has 1 unspecified atom stereocenters. The Morgan fingerprint density at radius 2 is 0.520 bits per heavy atom. The molecule has 0 aromatic rings. The second-order valence-corrected chi connectivity index (χ2v) is 21.3. The predicted molar refractivity (Wildman–Crippen MR) is 325 cm³/mol. The average Bonchev–Trinajstić information content (AvgIpc) is 3.41. The Hall–Kier alpha value is -3.41. The van der Waals surface area contributed by atoms with Gasteiger partial charge in [-0.05, 0) is 116 Å². The molecule has 0 heterocycles. The molecule has 0 amide bonds. The molecule has 0 bridgehead atoms. The molecule has 0 rings (SSSR count). The first-order chi connectivity index (χ1) is 37.0. The Labute approximate surface area is 465 Å². The van der Waals surface area contributed by atoms with Crippen LogP contribution in [0.5, 0.6) is 0 Å². The van der Waals surface area contributed by atoms with E-state index in [1.165, 1.54) is 180 Å². The number of rotatable bonds is 58. The third kappa shape index (κ3) is 61.3. The number of hydrogen-bond acceptors (Lipinski definition) is 6. The van der Waals surface area contributed by atoms with E-state index < -0.39 is 6.10 Å². The van der Waals surface area contributed by atoms with E-state index in [9.17, 15) is 14.4 Å². The maximum absolute atomic E-state index is 12.9. The average molecular weight is 1050 g/mol. The van der Waals surface area contributed by atoms with Gasteiger partial charge in [0.25, 0.3) is 0 Å². The highest BCUT2D eigenvalue weighted by atomic mass is 16.6. The SMILES string of the molecule is CC/C=C\C/C=C\C/C=C\C/C=C\CCCCC(=O)OC(COC(=O)CCCCCCC/C=C\CCCCCCCC)COC(=O)CCCCCCCCCCCCCCCCC/C=C\C/C=C\CCCCCCC. The van der Waals surface area contributed by atoms with Gasteiger partial charge in [0.2, 0.25) is 0 Å². The van der Waals surface area contributed by atoms with Gasteiger partial charge in [-0.3, -0.25) is 14.4 Å². The number of carbonyl (C=O) groups excluding carboxylic acids is 3. The summed E-state index contributed by atoms with van der Waals surface area (Å²) in [5.74, 6) is -0.935. The molecule has 6 nitrogen and oxygen atoms in total. The molecule has 0 radical (unpaired) electrons. The third-order valence-electron chi connectivity index (χ3n) is 13.9. The molecule has 0 fully saturated rings. The van der Waals surface area contributed by atoms with Crippen molar-refractivity contribution in [2.75, 3.05) is 13.2 Å². The Bertz CT molecular complexity index is 1430. The molecule has 0 saturated heterocycles. The van der Waals surface area contributed by atoms with Gasteiger partial charge in [-0.25, -0.2) is 0 Å². The van der Waals surface area contributed by atoms with Crippen LogP contribution in [0.1, 0.15) is 316 Å². The Morgan fingerprint density at radius 1 is 0.280 bits per heavy atom. The molecule has 1 atom stereocenters. The molecule has 0 spiro atoms. The lowest BCUT2D eigenvalue weighted by Gasteiger charge is -2.18. The van der Waals surface area contributed by atoms with Crippen molar-refractivity contribution in [1.29, 1.82) is 0 Å². The summed E-state index contributed by atoms with van der Waals surface area (Å²) in [6.45, 7) is 6.50. The fourth-order valence-electron chi connectivity index (χ4n) is 9.05. The van der Waals surface area contributed by atoms with Crippen LogP contribution in [0.4, 0.5) is 0 Å². The van der Waals surface area contributed by atoms with Crippen LogP contribution in [0.25, 0.3) is 0 Å². The molecule has 432 valence electrons. The molecule has 0 aliphatic carbocycles. The zero-order chi connectivity index (χ0) is 54.3. The lowest BCUT2D eigenvalue weighted by molar-refractivity contribution is -0.167. The third-order valence-corrected chi connectivity index (χ3v) is 13.9. The molecular weight excluding hydrogens is 925 g/mol. The molecule has 0 N–H and O–H groups in total. The van der Waals surface area contributed by atoms with Crippen molar-refractivity contribution in [3.63, 3.8) is 0 Å². The van der Waals surface area contributed by atoms with Crippen LogP contribution in [-0.4, -0.2) is 37.2 Å². The zero-order valence-corrected chi connectivity index (χ0v) is 49.6. The summed E-state index contributed by atoms with van der Waals surface area (Å²) in [6.07, 6.45) is 83.1. The topological polar surface area (TPSA) is 78.9 Å². The fraction of sp³-hybridized carbons (Fsp3) is 0.754. The molecule has 0 aromatic heterocycles. The van der Waals surface area contributed by atoms with Gasteiger partial charge in [0.15, 0.2) is 6.10 Å². The molecule has 0 saturated carbocycles. The zero-order valence-electron chi connectivity index (χ0n) is 49.6. The van der Waals surface area contributed by atoms with Crippen LogP contribution >= 0.6 is 0 Å². The minimum Gasteiger partial charge on any atom is -0.462 e. The highest BCUT2D eigenvalue weighted by Crippen LogP contribution is 2.16. The molecule has 75 heavy (non-hydrogen) atoms. The van der Waals surface area contributed by atoms with E-state index in [1.54, 1.807) is 0 Å². The Balaban J connectivity index is 4.30. The monoisotopic (exact) mass is 1040 g/mol. The first-order valence-electron chi connectivity index (χ1n) is 32.1. The number of unbranched alkanes of at least 4 members (excludes halogenated alkanes) is 33. The standard InChI is InChI=1S/C69H120O6/c1-4-7-10-13-16-19-22-25-28-29-30-31-32-33-34-35-36-37-38-39-42-44-47-50-53-56-59-62-68(71)74-65-66(75-69(72)63-60-57-54-51-48-45-41-27-24-21-18-15-12-9-6-3)64-73-67(70)61-58-55-52-49-46-43-40-26-23-20-17-14-11-8-5-2/h9,12,18,21-22,25-27,29-30,40-41,48,51,66H,4-8,10-11,13-17,19-20,23-24,28,31-39,42-47,49-50,52-65H2,1-3H3/b12-9-,21-18-,25-22-,30-29-,40-26-,41-27-,51-48-. The summed E-state index contributed by atoms with van der Waals surface area (Å²) in [6, 6.07) is 0. The molecule has 0 aromatic carbocycles. The highest BCUT2D eigenvalue weighted by molar-refractivity contribution is 5.71. The van der Waals surface area contributed by atoms with E-state index in [2.05, 4.69) is 106 Å². The first kappa shape index (κ1) is 71.6. The number of allylic oxidation sites excluding steroid dienone is 14. The fourth-order valence-corrected chi connectivity index (χ4v) is 9.05. The van der Waals surface area contributed by atoms with E-state index in [4.69, 9.17) is 14.2 Å². The summed E-state index contributed by atoms with van der Waals surface area (Å²) in [7, 11) is 0. The molecule has 0 aliphatic rings. The molecular formula is C69H120O6. The Kier molecular flexibility index (Phi) is 60.3. The number of esters is 3. The van der Waals surface area contributed by atoms with Gasteiger partial charge in [-0.2, -0.15) is 0 Å². The molecule has 0 aliphatic heterocycles. The largest absolute Gasteiger partial charge is 0.462 e. The maximum Gasteiger partial charge on any atom is 0.306 e. The summed E-state index contributed by atoms with van der Waals surface area (Å²) in [5, 5.41) is 0. The molecule has 6 heteroatoms. The number of hydrogen-bond donors (Lipinski definition) is 0. The smallest absolute Gasteiger partial charge is 0.306 e. The van der Waals surface area contributed by atoms with Gasteiger partial charge >= 0.3 is 17.9 Å². The summed E-state index contributed by atoms with van der Waals surface area (Å²) < 4.78 is 16.9. The lowest BCUT2D eigenvalue weighted by atomic mass is 10.0. The van der Waals surface area contributed by atoms with Gasteiger partial charge in [0.05, 0.1) is 0 Å². The van der Waals surface area contributed by atoms with Gasteiger partial charge in [0, 0.05) is 19.3 Å². The van der Waals surface area contributed by atoms with Gasteiger partial charge in [0.1, 0.15) is 13.2 Å². The normalized spacial score (nSPS) is 12.6. The van der Waals surface area contributed by atoms with Crippen LogP contribution in [0, 0.1) is 0 Å². The lowest BCUT2D eigenvalue weighted by Crippen LogP contribution is -2.30.